The first-order valence-electron chi connectivity index (χ1n) is 3.77. The molecule has 0 bridgehead atoms. The molecule has 3 heteroatoms. The van der Waals surface area contributed by atoms with E-state index in [1.807, 2.05) is 13.2 Å². The highest BCUT2D eigenvalue weighted by atomic mass is 79.9. The maximum Gasteiger partial charge on any atom is 0.109 e. The molecule has 1 aromatic rings. The smallest absolute Gasteiger partial charge is 0.109 e. The van der Waals surface area contributed by atoms with E-state index in [0.717, 1.165) is 16.8 Å². The molecule has 0 amide bonds. The van der Waals surface area contributed by atoms with Crippen LogP contribution in [0.2, 0.25) is 0 Å². The molecular weight excluding hydrogens is 204 g/mol. The number of nitrogens with zero attached hydrogens (tertiary/aromatic N) is 2. The normalized spacial score (nSPS) is 11.0. The second-order valence-electron chi connectivity index (χ2n) is 3.15. The summed E-state index contributed by atoms with van der Waals surface area (Å²) in [6.07, 6.45) is 2.89. The number of aromatic nitrogens is 2. The van der Waals surface area contributed by atoms with Gasteiger partial charge in [0.15, 0.2) is 0 Å². The highest BCUT2D eigenvalue weighted by molar-refractivity contribution is 9.10. The lowest BCUT2D eigenvalue weighted by Crippen LogP contribution is -2.02. The SMILES string of the molecule is CC(C)Cc1ncc(Br)n1C. The number of halogens is 1. The monoisotopic (exact) mass is 216 g/mol. The summed E-state index contributed by atoms with van der Waals surface area (Å²) in [4.78, 5) is 4.27. The number of imidazole rings is 1. The molecule has 0 saturated carbocycles. The summed E-state index contributed by atoms with van der Waals surface area (Å²) in [5, 5.41) is 0. The Balaban J connectivity index is 2.79. The third kappa shape index (κ3) is 2.06. The van der Waals surface area contributed by atoms with Gasteiger partial charge in [-0.15, -0.1) is 0 Å². The zero-order chi connectivity index (χ0) is 8.43. The van der Waals surface area contributed by atoms with Crippen LogP contribution in [-0.2, 0) is 13.5 Å². The lowest BCUT2D eigenvalue weighted by atomic mass is 10.1. The Bertz CT molecular complexity index is 240. The van der Waals surface area contributed by atoms with Gasteiger partial charge in [-0.3, -0.25) is 0 Å². The van der Waals surface area contributed by atoms with Crippen molar-refractivity contribution < 1.29 is 0 Å². The standard InChI is InChI=1S/C8H13BrN2/c1-6(2)4-8-10-5-7(9)11(8)3/h5-6H,4H2,1-3H3. The van der Waals surface area contributed by atoms with Gasteiger partial charge in [0, 0.05) is 13.5 Å². The lowest BCUT2D eigenvalue weighted by molar-refractivity contribution is 0.600. The van der Waals surface area contributed by atoms with E-state index >= 15 is 0 Å². The van der Waals surface area contributed by atoms with E-state index in [4.69, 9.17) is 0 Å². The van der Waals surface area contributed by atoms with Crippen LogP contribution in [0.25, 0.3) is 0 Å². The van der Waals surface area contributed by atoms with Gasteiger partial charge in [0.2, 0.25) is 0 Å². The van der Waals surface area contributed by atoms with Crippen LogP contribution in [0.5, 0.6) is 0 Å². The Morgan fingerprint density at radius 2 is 2.27 bits per heavy atom. The summed E-state index contributed by atoms with van der Waals surface area (Å²) in [6, 6.07) is 0. The van der Waals surface area contributed by atoms with Gasteiger partial charge in [0.25, 0.3) is 0 Å². The van der Waals surface area contributed by atoms with Crippen LogP contribution in [0.3, 0.4) is 0 Å². The Hall–Kier alpha value is -0.310. The van der Waals surface area contributed by atoms with Crippen molar-refractivity contribution in [2.75, 3.05) is 0 Å². The Morgan fingerprint density at radius 3 is 2.64 bits per heavy atom. The number of hydrogen-bond donors (Lipinski definition) is 0. The molecule has 2 nitrogen and oxygen atoms in total. The summed E-state index contributed by atoms with van der Waals surface area (Å²) >= 11 is 3.41. The second-order valence-corrected chi connectivity index (χ2v) is 3.97. The van der Waals surface area contributed by atoms with E-state index in [1.165, 1.54) is 0 Å². The van der Waals surface area contributed by atoms with E-state index in [2.05, 4.69) is 39.3 Å². The summed E-state index contributed by atoms with van der Waals surface area (Å²) in [6.45, 7) is 4.39. The minimum atomic E-state index is 0.669. The molecule has 1 rings (SSSR count). The van der Waals surface area contributed by atoms with Crippen molar-refractivity contribution in [2.45, 2.75) is 20.3 Å². The van der Waals surface area contributed by atoms with Crippen molar-refractivity contribution in [1.82, 2.24) is 9.55 Å². The van der Waals surface area contributed by atoms with Gasteiger partial charge in [0.1, 0.15) is 10.4 Å². The molecule has 0 aromatic carbocycles. The molecule has 0 aliphatic heterocycles. The molecule has 0 saturated heterocycles. The van der Waals surface area contributed by atoms with E-state index in [9.17, 15) is 0 Å². The van der Waals surface area contributed by atoms with Crippen molar-refractivity contribution in [1.29, 1.82) is 0 Å². The van der Waals surface area contributed by atoms with Crippen molar-refractivity contribution in [2.24, 2.45) is 13.0 Å². The van der Waals surface area contributed by atoms with Gasteiger partial charge in [-0.05, 0) is 21.8 Å². The fourth-order valence-electron chi connectivity index (χ4n) is 0.979. The predicted molar refractivity (Wildman–Crippen MR) is 49.5 cm³/mol. The third-order valence-corrected chi connectivity index (χ3v) is 2.36. The molecule has 0 aliphatic rings. The van der Waals surface area contributed by atoms with Crippen LogP contribution in [0, 0.1) is 5.92 Å². The molecular formula is C8H13BrN2. The van der Waals surface area contributed by atoms with E-state index < -0.39 is 0 Å². The minimum Gasteiger partial charge on any atom is -0.326 e. The maximum atomic E-state index is 4.27. The van der Waals surface area contributed by atoms with Gasteiger partial charge in [-0.2, -0.15) is 0 Å². The van der Waals surface area contributed by atoms with Crippen LogP contribution >= 0.6 is 15.9 Å². The Kier molecular flexibility index (Phi) is 2.71. The fourth-order valence-corrected chi connectivity index (χ4v) is 1.29. The van der Waals surface area contributed by atoms with Gasteiger partial charge in [0.05, 0.1) is 6.20 Å². The fraction of sp³-hybridized carbons (Fsp3) is 0.625. The van der Waals surface area contributed by atoms with Crippen molar-refractivity contribution in [3.05, 3.63) is 16.6 Å². The maximum absolute atomic E-state index is 4.27. The summed E-state index contributed by atoms with van der Waals surface area (Å²) in [7, 11) is 2.02. The van der Waals surface area contributed by atoms with Gasteiger partial charge < -0.3 is 4.57 Å². The van der Waals surface area contributed by atoms with Crippen LogP contribution < -0.4 is 0 Å². The van der Waals surface area contributed by atoms with E-state index in [0.29, 0.717) is 5.92 Å². The average Bonchev–Trinajstić information content (AvgIpc) is 2.18. The molecule has 0 spiro atoms. The van der Waals surface area contributed by atoms with Crippen LogP contribution in [0.15, 0.2) is 10.8 Å². The number of rotatable bonds is 2. The molecule has 62 valence electrons. The molecule has 0 radical (unpaired) electrons. The predicted octanol–water partition coefficient (Wildman–Crippen LogP) is 2.38. The van der Waals surface area contributed by atoms with Crippen molar-refractivity contribution in [3.8, 4) is 0 Å². The first kappa shape index (κ1) is 8.78. The lowest BCUT2D eigenvalue weighted by Gasteiger charge is -2.04. The van der Waals surface area contributed by atoms with E-state index in [-0.39, 0.29) is 0 Å². The van der Waals surface area contributed by atoms with Crippen LogP contribution in [0.4, 0.5) is 0 Å². The molecule has 11 heavy (non-hydrogen) atoms. The largest absolute Gasteiger partial charge is 0.326 e. The van der Waals surface area contributed by atoms with Gasteiger partial charge >= 0.3 is 0 Å². The first-order chi connectivity index (χ1) is 5.11. The Labute approximate surface area is 75.8 Å². The molecule has 0 unspecified atom stereocenters. The van der Waals surface area contributed by atoms with Gasteiger partial charge in [-0.25, -0.2) is 4.98 Å². The molecule has 0 aliphatic carbocycles. The van der Waals surface area contributed by atoms with Crippen LogP contribution in [0.1, 0.15) is 19.7 Å². The summed E-state index contributed by atoms with van der Waals surface area (Å²) in [5.41, 5.74) is 0. The molecule has 0 atom stereocenters. The zero-order valence-corrected chi connectivity index (χ0v) is 8.72. The first-order valence-corrected chi connectivity index (χ1v) is 4.56. The van der Waals surface area contributed by atoms with Crippen molar-refractivity contribution in [3.63, 3.8) is 0 Å². The Morgan fingerprint density at radius 1 is 1.64 bits per heavy atom. The highest BCUT2D eigenvalue weighted by Crippen LogP contribution is 2.12. The van der Waals surface area contributed by atoms with Crippen molar-refractivity contribution >= 4 is 15.9 Å². The molecule has 0 fully saturated rings. The molecule has 1 heterocycles. The molecule has 0 N–H and O–H groups in total. The van der Waals surface area contributed by atoms with Gasteiger partial charge in [-0.1, -0.05) is 13.8 Å². The highest BCUT2D eigenvalue weighted by Gasteiger charge is 2.04. The zero-order valence-electron chi connectivity index (χ0n) is 7.13. The number of hydrogen-bond acceptors (Lipinski definition) is 1. The topological polar surface area (TPSA) is 17.8 Å². The van der Waals surface area contributed by atoms with Crippen LogP contribution in [-0.4, -0.2) is 9.55 Å². The summed E-state index contributed by atoms with van der Waals surface area (Å²) < 4.78 is 3.12. The van der Waals surface area contributed by atoms with E-state index in [1.54, 1.807) is 0 Å². The molecule has 1 aromatic heterocycles. The summed E-state index contributed by atoms with van der Waals surface area (Å²) in [5.74, 6) is 1.81. The quantitative estimate of drug-likeness (QED) is 0.743. The minimum absolute atomic E-state index is 0.669. The second kappa shape index (κ2) is 3.39. The average molecular weight is 217 g/mol. The third-order valence-electron chi connectivity index (χ3n) is 1.62.